The van der Waals surface area contributed by atoms with Crippen molar-refractivity contribution in [2.75, 3.05) is 6.26 Å². The number of fused-ring (bicyclic) bond motifs is 1. The molecule has 4 heterocycles. The minimum Gasteiger partial charge on any atom is -0.423 e. The minimum atomic E-state index is -3.78. The smallest absolute Gasteiger partial charge is 0.286 e. The van der Waals surface area contributed by atoms with Gasteiger partial charge in [0.1, 0.15) is 9.75 Å². The molecule has 1 aromatic carbocycles. The van der Waals surface area contributed by atoms with Gasteiger partial charge in [-0.2, -0.15) is 4.39 Å². The van der Waals surface area contributed by atoms with E-state index in [1.54, 1.807) is 31.2 Å². The molecule has 3 aromatic heterocycles. The van der Waals surface area contributed by atoms with E-state index in [2.05, 4.69) is 25.5 Å². The van der Waals surface area contributed by atoms with Gasteiger partial charge in [-0.15, -0.1) is 21.5 Å². The highest BCUT2D eigenvalue weighted by atomic mass is 32.2. The van der Waals surface area contributed by atoms with Crippen LogP contribution in [0, 0.1) is 5.95 Å². The fourth-order valence-corrected chi connectivity index (χ4v) is 7.06. The number of nitrogens with one attached hydrogen (secondary N) is 1. The number of sulfone groups is 1. The summed E-state index contributed by atoms with van der Waals surface area (Å²) < 4.78 is 44.2. The monoisotopic (exact) mass is 533 g/mol. The van der Waals surface area contributed by atoms with Crippen molar-refractivity contribution >= 4 is 54.3 Å². The van der Waals surface area contributed by atoms with E-state index in [0.717, 1.165) is 34.9 Å². The van der Waals surface area contributed by atoms with Crippen LogP contribution in [0.5, 0.6) is 0 Å². The molecule has 180 valence electrons. The summed E-state index contributed by atoms with van der Waals surface area (Å²) in [6.45, 7) is 1.57. The molecule has 0 radical (unpaired) electrons. The van der Waals surface area contributed by atoms with E-state index in [1.807, 2.05) is 0 Å². The van der Waals surface area contributed by atoms with Gasteiger partial charge in [-0.1, -0.05) is 6.07 Å². The second kappa shape index (κ2) is 8.46. The molecule has 1 aliphatic rings. The maximum atomic E-state index is 13.5. The first-order valence-electron chi connectivity index (χ1n) is 10.1. The molecular weight excluding hydrogens is 517 g/mol. The Morgan fingerprint density at radius 3 is 2.63 bits per heavy atom. The van der Waals surface area contributed by atoms with Crippen molar-refractivity contribution in [3.05, 3.63) is 59.3 Å². The molecule has 1 aliphatic heterocycles. The number of nitrogens with zero attached hydrogens (tertiary/aromatic N) is 4. The number of aromatic nitrogens is 4. The van der Waals surface area contributed by atoms with E-state index < -0.39 is 36.9 Å². The third kappa shape index (κ3) is 4.56. The molecule has 0 bridgehead atoms. The van der Waals surface area contributed by atoms with Crippen LogP contribution < -0.4 is 5.32 Å². The van der Waals surface area contributed by atoms with Crippen molar-refractivity contribution < 1.29 is 26.8 Å². The van der Waals surface area contributed by atoms with Gasteiger partial charge < -0.3 is 4.42 Å². The van der Waals surface area contributed by atoms with E-state index >= 15 is 0 Å². The lowest BCUT2D eigenvalue weighted by molar-refractivity contribution is -0.121. The van der Waals surface area contributed by atoms with E-state index in [0.29, 0.717) is 15.8 Å². The van der Waals surface area contributed by atoms with Crippen LogP contribution >= 0.6 is 23.1 Å². The number of pyridine rings is 1. The van der Waals surface area contributed by atoms with Crippen molar-refractivity contribution in [1.82, 2.24) is 25.5 Å². The lowest BCUT2D eigenvalue weighted by Gasteiger charge is -2.15. The number of rotatable bonds is 6. The van der Waals surface area contributed by atoms with E-state index in [1.165, 1.54) is 12.3 Å². The second-order valence-electron chi connectivity index (χ2n) is 8.10. The molecule has 1 N–H and O–H groups in total. The lowest BCUT2D eigenvalue weighted by Crippen LogP contribution is -2.35. The Balaban J connectivity index is 1.49. The van der Waals surface area contributed by atoms with Gasteiger partial charge in [0.05, 0.1) is 10.2 Å². The molecule has 0 saturated carbocycles. The number of imide groups is 1. The molecule has 10 nitrogen and oxygen atoms in total. The summed E-state index contributed by atoms with van der Waals surface area (Å²) >= 11 is 1.95. The van der Waals surface area contributed by atoms with Crippen LogP contribution in [0.2, 0.25) is 0 Å². The summed E-state index contributed by atoms with van der Waals surface area (Å²) in [5.41, 5.74) is 1.90. The minimum absolute atomic E-state index is 0.0246. The van der Waals surface area contributed by atoms with Crippen molar-refractivity contribution in [3.63, 3.8) is 0 Å². The van der Waals surface area contributed by atoms with Gasteiger partial charge >= 0.3 is 0 Å². The Kier molecular flexibility index (Phi) is 5.68. The Morgan fingerprint density at radius 2 is 1.94 bits per heavy atom. The highest BCUT2D eigenvalue weighted by Gasteiger charge is 2.45. The number of hydrogen-bond donors (Lipinski definition) is 1. The molecule has 14 heteroatoms. The summed E-state index contributed by atoms with van der Waals surface area (Å²) in [5, 5.41) is 8.47. The highest BCUT2D eigenvalue weighted by molar-refractivity contribution is 8.16. The Hall–Kier alpha value is -3.23. The SMILES string of the molecule is CC1(Cc2nnc(C(c3nc4ccc(-c5ccnc(F)c5)cc4s3)S(C)(=O)=O)o2)SC(=O)NC1=O. The largest absolute Gasteiger partial charge is 0.423 e. The number of benzene rings is 1. The highest BCUT2D eigenvalue weighted by Crippen LogP contribution is 2.38. The molecule has 1 saturated heterocycles. The first-order valence-corrected chi connectivity index (χ1v) is 13.7. The number of carbonyl (C=O) groups is 2. The number of amides is 2. The number of halogens is 1. The van der Waals surface area contributed by atoms with E-state index in [4.69, 9.17) is 4.42 Å². The molecule has 2 amide bonds. The molecule has 35 heavy (non-hydrogen) atoms. The topological polar surface area (TPSA) is 145 Å². The Labute approximate surface area is 206 Å². The van der Waals surface area contributed by atoms with Crippen molar-refractivity contribution in [3.8, 4) is 11.1 Å². The summed E-state index contributed by atoms with van der Waals surface area (Å²) in [6, 6.07) is 8.24. The predicted molar refractivity (Wildman–Crippen MR) is 127 cm³/mol. The van der Waals surface area contributed by atoms with Crippen molar-refractivity contribution in [1.29, 1.82) is 0 Å². The zero-order chi connectivity index (χ0) is 25.0. The van der Waals surface area contributed by atoms with Crippen molar-refractivity contribution in [2.45, 2.75) is 23.3 Å². The van der Waals surface area contributed by atoms with Gasteiger partial charge in [-0.05, 0) is 48.0 Å². The number of thioether (sulfide) groups is 1. The van der Waals surface area contributed by atoms with Gasteiger partial charge in [-0.3, -0.25) is 14.9 Å². The maximum absolute atomic E-state index is 13.5. The maximum Gasteiger partial charge on any atom is 0.286 e. The average molecular weight is 534 g/mol. The van der Waals surface area contributed by atoms with Crippen LogP contribution in [0.3, 0.4) is 0 Å². The van der Waals surface area contributed by atoms with Crippen LogP contribution in [0.4, 0.5) is 9.18 Å². The fraction of sp³-hybridized carbons (Fsp3) is 0.238. The van der Waals surface area contributed by atoms with Crippen LogP contribution in [0.15, 0.2) is 40.9 Å². The predicted octanol–water partition coefficient (Wildman–Crippen LogP) is 3.30. The van der Waals surface area contributed by atoms with Crippen molar-refractivity contribution in [2.24, 2.45) is 0 Å². The Bertz CT molecular complexity index is 1600. The molecule has 5 rings (SSSR count). The van der Waals surface area contributed by atoms with Gasteiger partial charge in [0, 0.05) is 24.9 Å². The number of thiazole rings is 1. The normalized spacial score (nSPS) is 19.3. The molecular formula is C21H16FN5O5S3. The molecule has 0 spiro atoms. The summed E-state index contributed by atoms with van der Waals surface area (Å²) in [5.74, 6) is -1.25. The van der Waals surface area contributed by atoms with E-state index in [-0.39, 0.29) is 23.2 Å². The zero-order valence-electron chi connectivity index (χ0n) is 18.2. The lowest BCUT2D eigenvalue weighted by atomic mass is 10.1. The molecule has 2 atom stereocenters. The van der Waals surface area contributed by atoms with Gasteiger partial charge in [0.15, 0.2) is 15.1 Å². The van der Waals surface area contributed by atoms with Crippen LogP contribution in [0.25, 0.3) is 21.3 Å². The average Bonchev–Trinajstić information content (AvgIpc) is 3.44. The second-order valence-corrected chi connectivity index (χ2v) is 12.8. The van der Waals surface area contributed by atoms with Gasteiger partial charge in [-0.25, -0.2) is 18.4 Å². The molecule has 0 aliphatic carbocycles. The molecule has 4 aromatic rings. The van der Waals surface area contributed by atoms with Crippen LogP contribution in [0.1, 0.15) is 29.0 Å². The van der Waals surface area contributed by atoms with Crippen LogP contribution in [-0.4, -0.2) is 50.7 Å². The summed E-state index contributed by atoms with van der Waals surface area (Å²) in [4.78, 5) is 31.7. The van der Waals surface area contributed by atoms with Gasteiger partial charge in [0.25, 0.3) is 5.24 Å². The quantitative estimate of drug-likeness (QED) is 0.366. The van der Waals surface area contributed by atoms with Crippen LogP contribution in [-0.2, 0) is 21.1 Å². The number of carbonyl (C=O) groups excluding carboxylic acids is 2. The fourth-order valence-electron chi connectivity index (χ4n) is 3.64. The Morgan fingerprint density at radius 1 is 1.17 bits per heavy atom. The third-order valence-electron chi connectivity index (χ3n) is 5.33. The number of hydrogen-bond acceptors (Lipinski definition) is 11. The van der Waals surface area contributed by atoms with E-state index in [9.17, 15) is 22.4 Å². The molecule has 1 fully saturated rings. The first-order chi connectivity index (χ1) is 16.5. The molecule has 2 unspecified atom stereocenters. The van der Waals surface area contributed by atoms with Gasteiger partial charge in [0.2, 0.25) is 23.6 Å². The zero-order valence-corrected chi connectivity index (χ0v) is 20.6. The first kappa shape index (κ1) is 23.5. The third-order valence-corrected chi connectivity index (χ3v) is 8.91. The standard InChI is InChI=1S/C21H16FN5O5S3/c1-21(19(28)25-20(29)34-21)9-15-26-27-17(32-15)16(35(2,30)31)18-24-12-4-3-10(7-13(12)33-18)11-5-6-23-14(22)8-11/h3-8,16H,9H2,1-2H3,(H,25,28,29). The summed E-state index contributed by atoms with van der Waals surface area (Å²) in [7, 11) is -3.78. The summed E-state index contributed by atoms with van der Waals surface area (Å²) in [6.07, 6.45) is 2.35.